The van der Waals surface area contributed by atoms with Crippen molar-refractivity contribution in [3.63, 3.8) is 0 Å². The number of anilines is 1. The van der Waals surface area contributed by atoms with Crippen LogP contribution in [0, 0.1) is 5.82 Å². The van der Waals surface area contributed by atoms with Gasteiger partial charge < -0.3 is 14.8 Å². The van der Waals surface area contributed by atoms with Crippen molar-refractivity contribution >= 4 is 17.0 Å². The fourth-order valence-electron chi connectivity index (χ4n) is 1.69. The molecule has 0 atom stereocenters. The van der Waals surface area contributed by atoms with Crippen LogP contribution in [0.4, 0.5) is 10.3 Å². The van der Waals surface area contributed by atoms with Gasteiger partial charge in [-0.2, -0.15) is 4.98 Å². The Morgan fingerprint density at radius 3 is 3.06 bits per heavy atom. The van der Waals surface area contributed by atoms with Crippen molar-refractivity contribution < 1.29 is 8.91 Å². The van der Waals surface area contributed by atoms with Crippen LogP contribution in [0.15, 0.2) is 29.1 Å². The number of nitrogens with zero attached hydrogens (tertiary/aromatic N) is 4. The summed E-state index contributed by atoms with van der Waals surface area (Å²) in [4.78, 5) is 7.97. The molecule has 2 N–H and O–H groups in total. The van der Waals surface area contributed by atoms with E-state index < -0.39 is 0 Å². The third-order valence-corrected chi connectivity index (χ3v) is 2.45. The molecule has 6 nitrogen and oxygen atoms in total. The molecule has 2 heterocycles. The molecule has 0 fully saturated rings. The predicted molar refractivity (Wildman–Crippen MR) is 57.5 cm³/mol. The molecule has 0 aliphatic rings. The van der Waals surface area contributed by atoms with E-state index in [0.717, 1.165) is 5.52 Å². The topological polar surface area (TPSA) is 82.8 Å². The minimum absolute atomic E-state index is 0.287. The van der Waals surface area contributed by atoms with E-state index in [9.17, 15) is 4.39 Å². The van der Waals surface area contributed by atoms with E-state index in [4.69, 9.17) is 5.73 Å². The number of halogens is 1. The fourth-order valence-corrected chi connectivity index (χ4v) is 1.69. The van der Waals surface area contributed by atoms with Crippen molar-refractivity contribution in [3.05, 3.63) is 36.2 Å². The molecule has 3 rings (SSSR count). The molecule has 2 aromatic heterocycles. The van der Waals surface area contributed by atoms with Crippen LogP contribution >= 0.6 is 0 Å². The molecular weight excluding hydrogens is 225 g/mol. The molecule has 0 aliphatic heterocycles. The number of hydrogen-bond acceptors (Lipinski definition) is 5. The summed E-state index contributed by atoms with van der Waals surface area (Å²) in [6, 6.07) is 4.31. The third kappa shape index (κ3) is 1.61. The molecule has 0 unspecified atom stereocenters. The van der Waals surface area contributed by atoms with Crippen LogP contribution < -0.4 is 5.73 Å². The molecule has 17 heavy (non-hydrogen) atoms. The summed E-state index contributed by atoms with van der Waals surface area (Å²) in [7, 11) is 0. The Morgan fingerprint density at radius 1 is 1.41 bits per heavy atom. The number of benzene rings is 1. The summed E-state index contributed by atoms with van der Waals surface area (Å²) in [6.07, 6.45) is 1.24. The van der Waals surface area contributed by atoms with E-state index in [1.807, 2.05) is 0 Å². The predicted octanol–water partition coefficient (Wildman–Crippen LogP) is 1.19. The van der Waals surface area contributed by atoms with Crippen LogP contribution in [0.5, 0.6) is 0 Å². The van der Waals surface area contributed by atoms with E-state index in [1.54, 1.807) is 10.6 Å². The van der Waals surface area contributed by atoms with Gasteiger partial charge in [-0.25, -0.2) is 9.37 Å². The number of rotatable bonds is 2. The third-order valence-electron chi connectivity index (χ3n) is 2.45. The highest BCUT2D eigenvalue weighted by atomic mass is 19.1. The molecule has 86 valence electrons. The number of nitrogen functional groups attached to an aromatic ring is 1. The van der Waals surface area contributed by atoms with Gasteiger partial charge in [0.15, 0.2) is 5.82 Å². The lowest BCUT2D eigenvalue weighted by Crippen LogP contribution is -2.05. The summed E-state index contributed by atoms with van der Waals surface area (Å²) in [5.41, 5.74) is 7.00. The largest absolute Gasteiger partial charge is 0.369 e. The summed E-state index contributed by atoms with van der Waals surface area (Å²) < 4.78 is 19.4. The monoisotopic (exact) mass is 233 g/mol. The van der Waals surface area contributed by atoms with Crippen molar-refractivity contribution in [1.29, 1.82) is 0 Å². The van der Waals surface area contributed by atoms with E-state index in [0.29, 0.717) is 17.9 Å². The second-order valence-electron chi connectivity index (χ2n) is 3.54. The molecule has 0 saturated carbocycles. The SMILES string of the molecule is Nc1nc2cc(F)ccc2n1Cc1ncon1. The second-order valence-corrected chi connectivity index (χ2v) is 3.54. The first-order valence-corrected chi connectivity index (χ1v) is 4.90. The molecule has 0 bridgehead atoms. The Kier molecular flexibility index (Phi) is 2.04. The van der Waals surface area contributed by atoms with Crippen LogP contribution in [0.3, 0.4) is 0 Å². The van der Waals surface area contributed by atoms with Gasteiger partial charge in [-0.15, -0.1) is 0 Å². The Balaban J connectivity index is 2.12. The Hall–Kier alpha value is -2.44. The quantitative estimate of drug-likeness (QED) is 0.718. The normalized spacial score (nSPS) is 11.1. The maximum Gasteiger partial charge on any atom is 0.213 e. The maximum atomic E-state index is 13.0. The van der Waals surface area contributed by atoms with Gasteiger partial charge in [-0.3, -0.25) is 0 Å². The number of aromatic nitrogens is 4. The molecular formula is C10H8FN5O. The lowest BCUT2D eigenvalue weighted by atomic mass is 10.3. The van der Waals surface area contributed by atoms with Crippen molar-refractivity contribution in [3.8, 4) is 0 Å². The van der Waals surface area contributed by atoms with Gasteiger partial charge in [-0.05, 0) is 12.1 Å². The van der Waals surface area contributed by atoms with Gasteiger partial charge in [0, 0.05) is 6.07 Å². The van der Waals surface area contributed by atoms with Crippen LogP contribution in [-0.2, 0) is 6.54 Å². The second kappa shape index (κ2) is 3.55. The number of hydrogen-bond donors (Lipinski definition) is 1. The molecule has 0 saturated heterocycles. The average Bonchev–Trinajstić information content (AvgIpc) is 2.88. The number of nitrogens with two attached hydrogens (primary N) is 1. The highest BCUT2D eigenvalue weighted by molar-refractivity contribution is 5.78. The zero-order valence-corrected chi connectivity index (χ0v) is 8.67. The number of imidazole rings is 1. The highest BCUT2D eigenvalue weighted by Crippen LogP contribution is 2.19. The highest BCUT2D eigenvalue weighted by Gasteiger charge is 2.11. The van der Waals surface area contributed by atoms with Gasteiger partial charge in [0.25, 0.3) is 0 Å². The molecule has 3 aromatic rings. The smallest absolute Gasteiger partial charge is 0.213 e. The standard InChI is InChI=1S/C10H8FN5O/c11-6-1-2-8-7(3-6)14-10(12)16(8)4-9-13-5-17-15-9/h1-3,5H,4H2,(H2,12,14). The Morgan fingerprint density at radius 2 is 2.29 bits per heavy atom. The van der Waals surface area contributed by atoms with Crippen LogP contribution in [0.1, 0.15) is 5.82 Å². The summed E-state index contributed by atoms with van der Waals surface area (Å²) >= 11 is 0. The van der Waals surface area contributed by atoms with Gasteiger partial charge >= 0.3 is 0 Å². The summed E-state index contributed by atoms with van der Waals surface area (Å²) in [5, 5.41) is 3.69. The maximum absolute atomic E-state index is 13.0. The van der Waals surface area contributed by atoms with Gasteiger partial charge in [0.1, 0.15) is 5.82 Å². The fraction of sp³-hybridized carbons (Fsp3) is 0.100. The minimum atomic E-state index is -0.346. The van der Waals surface area contributed by atoms with Crippen LogP contribution in [0.25, 0.3) is 11.0 Å². The van der Waals surface area contributed by atoms with E-state index in [2.05, 4.69) is 19.6 Å². The zero-order valence-electron chi connectivity index (χ0n) is 8.67. The molecule has 7 heteroatoms. The van der Waals surface area contributed by atoms with Crippen molar-refractivity contribution in [2.24, 2.45) is 0 Å². The molecule has 0 aliphatic carbocycles. The zero-order chi connectivity index (χ0) is 11.8. The van der Waals surface area contributed by atoms with Crippen molar-refractivity contribution in [2.45, 2.75) is 6.54 Å². The lowest BCUT2D eigenvalue weighted by molar-refractivity contribution is 0.408. The van der Waals surface area contributed by atoms with E-state index >= 15 is 0 Å². The van der Waals surface area contributed by atoms with Gasteiger partial charge in [0.05, 0.1) is 17.6 Å². The molecule has 0 radical (unpaired) electrons. The summed E-state index contributed by atoms with van der Waals surface area (Å²) in [5.74, 6) is 0.428. The summed E-state index contributed by atoms with van der Waals surface area (Å²) in [6.45, 7) is 0.338. The van der Waals surface area contributed by atoms with Crippen LogP contribution in [-0.4, -0.2) is 19.7 Å². The first-order chi connectivity index (χ1) is 8.24. The first kappa shape index (κ1) is 9.76. The average molecular weight is 233 g/mol. The molecule has 1 aromatic carbocycles. The van der Waals surface area contributed by atoms with Crippen molar-refractivity contribution in [1.82, 2.24) is 19.7 Å². The van der Waals surface area contributed by atoms with Crippen LogP contribution in [0.2, 0.25) is 0 Å². The Bertz CT molecular complexity index is 661. The molecule has 0 spiro atoms. The minimum Gasteiger partial charge on any atom is -0.369 e. The van der Waals surface area contributed by atoms with E-state index in [-0.39, 0.29) is 11.8 Å². The first-order valence-electron chi connectivity index (χ1n) is 4.90. The molecule has 0 amide bonds. The van der Waals surface area contributed by atoms with Crippen molar-refractivity contribution in [2.75, 3.05) is 5.73 Å². The van der Waals surface area contributed by atoms with E-state index in [1.165, 1.54) is 18.5 Å². The lowest BCUT2D eigenvalue weighted by Gasteiger charge is -2.02. The Labute approximate surface area is 94.9 Å². The van der Waals surface area contributed by atoms with Gasteiger partial charge in [0.2, 0.25) is 12.3 Å². The number of fused-ring (bicyclic) bond motifs is 1. The van der Waals surface area contributed by atoms with Gasteiger partial charge in [-0.1, -0.05) is 5.16 Å².